The Hall–Kier alpha value is -1.41. The number of rotatable bonds is 7. The molecule has 4 heteroatoms. The fraction of sp³-hybridized carbons (Fsp3) is 0.294. The average molecular weight is 304 g/mol. The average Bonchev–Trinajstić information content (AvgIpc) is 2.53. The van der Waals surface area contributed by atoms with E-state index in [2.05, 4.69) is 50.2 Å². The fourth-order valence-electron chi connectivity index (χ4n) is 2.17. The molecule has 0 aromatic heterocycles. The lowest BCUT2D eigenvalue weighted by Gasteiger charge is -2.26. The molecular weight excluding hydrogens is 283 g/mol. The van der Waals surface area contributed by atoms with Gasteiger partial charge in [-0.1, -0.05) is 56.3 Å². The van der Waals surface area contributed by atoms with Crippen LogP contribution in [-0.2, 0) is 14.5 Å². The van der Waals surface area contributed by atoms with Crippen LogP contribution in [0, 0.1) is 0 Å². The van der Waals surface area contributed by atoms with Crippen LogP contribution >= 0.6 is 9.03 Å². The summed E-state index contributed by atoms with van der Waals surface area (Å²) in [5, 5.41) is 0. The molecule has 21 heavy (non-hydrogen) atoms. The highest BCUT2D eigenvalue weighted by Crippen LogP contribution is 2.32. The molecule has 0 saturated heterocycles. The van der Waals surface area contributed by atoms with E-state index in [0.717, 1.165) is 5.75 Å². The predicted molar refractivity (Wildman–Crippen MR) is 86.9 cm³/mol. The van der Waals surface area contributed by atoms with Crippen LogP contribution in [0.2, 0.25) is 0 Å². The van der Waals surface area contributed by atoms with Crippen molar-refractivity contribution in [1.29, 1.82) is 0 Å². The SMILES string of the molecule is COPOCOc1ccc(C(C)(C)c2ccccc2)cc1. The van der Waals surface area contributed by atoms with Crippen molar-refractivity contribution in [2.45, 2.75) is 19.3 Å². The first-order valence-corrected chi connectivity index (χ1v) is 7.65. The van der Waals surface area contributed by atoms with E-state index in [1.165, 1.54) is 11.1 Å². The van der Waals surface area contributed by atoms with E-state index in [0.29, 0.717) is 0 Å². The first kappa shape index (κ1) is 16.0. The Morgan fingerprint density at radius 1 is 0.905 bits per heavy atom. The van der Waals surface area contributed by atoms with Gasteiger partial charge in [-0.25, -0.2) is 0 Å². The molecule has 3 nitrogen and oxygen atoms in total. The summed E-state index contributed by atoms with van der Waals surface area (Å²) in [5.74, 6) is 0.795. The van der Waals surface area contributed by atoms with Gasteiger partial charge in [-0.2, -0.15) is 0 Å². The number of hydrogen-bond acceptors (Lipinski definition) is 3. The van der Waals surface area contributed by atoms with Crippen molar-refractivity contribution in [1.82, 2.24) is 0 Å². The minimum Gasteiger partial charge on any atom is -0.467 e. The van der Waals surface area contributed by atoms with Gasteiger partial charge >= 0.3 is 0 Å². The molecule has 0 heterocycles. The summed E-state index contributed by atoms with van der Waals surface area (Å²) >= 11 is 0. The molecule has 0 radical (unpaired) electrons. The highest BCUT2D eigenvalue weighted by molar-refractivity contribution is 7.26. The molecule has 1 atom stereocenters. The zero-order valence-electron chi connectivity index (χ0n) is 12.6. The number of ether oxygens (including phenoxy) is 1. The first-order valence-electron chi connectivity index (χ1n) is 6.83. The Labute approximate surface area is 128 Å². The maximum absolute atomic E-state index is 5.49. The van der Waals surface area contributed by atoms with Crippen molar-refractivity contribution in [3.05, 3.63) is 65.7 Å². The van der Waals surface area contributed by atoms with Crippen LogP contribution < -0.4 is 4.74 Å². The van der Waals surface area contributed by atoms with E-state index in [1.54, 1.807) is 7.11 Å². The van der Waals surface area contributed by atoms with Crippen LogP contribution in [0.15, 0.2) is 54.6 Å². The van der Waals surface area contributed by atoms with Crippen molar-refractivity contribution in [3.63, 3.8) is 0 Å². The van der Waals surface area contributed by atoms with Crippen molar-refractivity contribution in [3.8, 4) is 5.75 Å². The van der Waals surface area contributed by atoms with Crippen molar-refractivity contribution in [2.75, 3.05) is 13.9 Å². The van der Waals surface area contributed by atoms with Gasteiger partial charge < -0.3 is 9.26 Å². The van der Waals surface area contributed by atoms with Crippen LogP contribution in [0.1, 0.15) is 25.0 Å². The van der Waals surface area contributed by atoms with Gasteiger partial charge in [0.25, 0.3) is 0 Å². The van der Waals surface area contributed by atoms with Gasteiger partial charge in [-0.3, -0.25) is 4.52 Å². The maximum atomic E-state index is 5.49. The molecule has 2 rings (SSSR count). The van der Waals surface area contributed by atoms with Crippen LogP contribution in [0.5, 0.6) is 5.75 Å². The Morgan fingerprint density at radius 2 is 1.52 bits per heavy atom. The molecule has 2 aromatic rings. The van der Waals surface area contributed by atoms with Gasteiger partial charge in [-0.15, -0.1) is 0 Å². The van der Waals surface area contributed by atoms with Gasteiger partial charge in [0.1, 0.15) is 5.75 Å². The van der Waals surface area contributed by atoms with Gasteiger partial charge in [0.2, 0.25) is 0 Å². The summed E-state index contributed by atoms with van der Waals surface area (Å²) in [6.45, 7) is 4.65. The lowest BCUT2D eigenvalue weighted by Crippen LogP contribution is -2.18. The smallest absolute Gasteiger partial charge is 0.195 e. The summed E-state index contributed by atoms with van der Waals surface area (Å²) in [4.78, 5) is 0. The molecule has 112 valence electrons. The maximum Gasteiger partial charge on any atom is 0.195 e. The zero-order valence-corrected chi connectivity index (χ0v) is 13.6. The first-order chi connectivity index (χ1) is 10.1. The van der Waals surface area contributed by atoms with Crippen molar-refractivity contribution < 1.29 is 13.8 Å². The van der Waals surface area contributed by atoms with Crippen molar-refractivity contribution >= 4 is 9.03 Å². The number of benzene rings is 2. The molecule has 0 spiro atoms. The highest BCUT2D eigenvalue weighted by Gasteiger charge is 2.22. The molecular formula is C17H21O3P. The van der Waals surface area contributed by atoms with Gasteiger partial charge in [0.05, 0.1) is 0 Å². The molecule has 0 amide bonds. The van der Waals surface area contributed by atoms with E-state index >= 15 is 0 Å². The third-order valence-electron chi connectivity index (χ3n) is 3.50. The Kier molecular flexibility index (Phi) is 5.75. The summed E-state index contributed by atoms with van der Waals surface area (Å²) in [7, 11) is 1.61. The van der Waals surface area contributed by atoms with E-state index in [9.17, 15) is 0 Å². The second-order valence-electron chi connectivity index (χ2n) is 5.21. The summed E-state index contributed by atoms with van der Waals surface area (Å²) < 4.78 is 15.4. The predicted octanol–water partition coefficient (Wildman–Crippen LogP) is 4.52. The van der Waals surface area contributed by atoms with Crippen LogP contribution in [0.4, 0.5) is 0 Å². The van der Waals surface area contributed by atoms with Crippen LogP contribution in [0.25, 0.3) is 0 Å². The minimum atomic E-state index is -0.0340. The third kappa shape index (κ3) is 4.28. The highest BCUT2D eigenvalue weighted by atomic mass is 31.1. The molecule has 2 aromatic carbocycles. The summed E-state index contributed by atoms with van der Waals surface area (Å²) in [6, 6.07) is 18.6. The van der Waals surface area contributed by atoms with E-state index in [-0.39, 0.29) is 21.2 Å². The van der Waals surface area contributed by atoms with Crippen LogP contribution in [0.3, 0.4) is 0 Å². The van der Waals surface area contributed by atoms with Gasteiger partial charge in [0, 0.05) is 12.5 Å². The Balaban J connectivity index is 2.04. The van der Waals surface area contributed by atoms with Gasteiger partial charge in [0.15, 0.2) is 15.8 Å². The largest absolute Gasteiger partial charge is 0.467 e. The molecule has 0 saturated carbocycles. The number of hydrogen-bond donors (Lipinski definition) is 0. The van der Waals surface area contributed by atoms with E-state index in [4.69, 9.17) is 13.8 Å². The van der Waals surface area contributed by atoms with Crippen molar-refractivity contribution in [2.24, 2.45) is 0 Å². The molecule has 0 aliphatic carbocycles. The Morgan fingerprint density at radius 3 is 2.14 bits per heavy atom. The molecule has 0 fully saturated rings. The topological polar surface area (TPSA) is 27.7 Å². The van der Waals surface area contributed by atoms with Crippen LogP contribution in [-0.4, -0.2) is 13.9 Å². The lowest BCUT2D eigenvalue weighted by atomic mass is 9.78. The third-order valence-corrected chi connectivity index (χ3v) is 3.90. The molecule has 0 aliphatic rings. The molecule has 0 N–H and O–H groups in total. The summed E-state index contributed by atoms with van der Waals surface area (Å²) in [5.41, 5.74) is 2.51. The van der Waals surface area contributed by atoms with E-state index in [1.807, 2.05) is 18.2 Å². The molecule has 1 unspecified atom stereocenters. The van der Waals surface area contributed by atoms with E-state index < -0.39 is 0 Å². The second-order valence-corrected chi connectivity index (χ2v) is 6.07. The Bertz CT molecular complexity index is 538. The molecule has 0 bridgehead atoms. The fourth-order valence-corrected chi connectivity index (χ4v) is 2.39. The molecule has 0 aliphatic heterocycles. The lowest BCUT2D eigenvalue weighted by molar-refractivity contribution is 0.123. The standard InChI is InChI=1S/C17H21O3P/c1-17(2,14-7-5-4-6-8-14)15-9-11-16(12-10-15)19-13-20-21-18-3/h4-12,21H,13H2,1-3H3. The van der Waals surface area contributed by atoms with Gasteiger partial charge in [-0.05, 0) is 23.3 Å². The second kappa shape index (κ2) is 7.56. The normalized spacial score (nSPS) is 12.0. The summed E-state index contributed by atoms with van der Waals surface area (Å²) in [6.07, 6.45) is 0. The quantitative estimate of drug-likeness (QED) is 0.427. The monoisotopic (exact) mass is 304 g/mol. The minimum absolute atomic E-state index is 0.0113. The zero-order chi connectivity index (χ0) is 15.1.